The lowest BCUT2D eigenvalue weighted by atomic mass is 10.1. The highest BCUT2D eigenvalue weighted by molar-refractivity contribution is 9.10. The van der Waals surface area contributed by atoms with E-state index in [4.69, 9.17) is 11.6 Å². The average molecular weight is 342 g/mol. The number of carbonyl (C=O) groups is 1. The maximum atomic E-state index is 12.2. The zero-order chi connectivity index (χ0) is 14.0. The van der Waals surface area contributed by atoms with Crippen LogP contribution in [0.1, 0.15) is 35.9 Å². The lowest BCUT2D eigenvalue weighted by Gasteiger charge is -2.04. The maximum Gasteiger partial charge on any atom is 0.170 e. The van der Waals surface area contributed by atoms with Gasteiger partial charge in [0.25, 0.3) is 0 Å². The molecular weight excluding hydrogens is 328 g/mol. The predicted octanol–water partition coefficient (Wildman–Crippen LogP) is 4.31. The van der Waals surface area contributed by atoms with Crippen molar-refractivity contribution < 1.29 is 4.79 Å². The Hall–Kier alpha value is -1.13. The number of halogens is 2. The third-order valence-corrected chi connectivity index (χ3v) is 3.57. The van der Waals surface area contributed by atoms with Crippen molar-refractivity contribution in [2.24, 2.45) is 0 Å². The smallest absolute Gasteiger partial charge is 0.170 e. The molecule has 0 N–H and O–H groups in total. The van der Waals surface area contributed by atoms with Gasteiger partial charge >= 0.3 is 0 Å². The van der Waals surface area contributed by atoms with Gasteiger partial charge in [-0.2, -0.15) is 5.10 Å². The molecule has 5 heteroatoms. The first-order valence-electron chi connectivity index (χ1n) is 5.99. The van der Waals surface area contributed by atoms with E-state index >= 15 is 0 Å². The van der Waals surface area contributed by atoms with Crippen LogP contribution in [-0.2, 0) is 6.42 Å². The molecule has 3 nitrogen and oxygen atoms in total. The molecule has 0 saturated heterocycles. The number of rotatable bonds is 4. The Balaban J connectivity index is 2.16. The van der Waals surface area contributed by atoms with Gasteiger partial charge in [-0.15, -0.1) is 0 Å². The van der Waals surface area contributed by atoms with Crippen molar-refractivity contribution in [2.45, 2.75) is 26.3 Å². The fraction of sp³-hybridized carbons (Fsp3) is 0.286. The molecular formula is C14H14BrClN2O. The first-order valence-corrected chi connectivity index (χ1v) is 7.16. The number of carbonyl (C=O) groups excluding carboxylic acids is 1. The van der Waals surface area contributed by atoms with E-state index in [2.05, 4.69) is 21.0 Å². The minimum absolute atomic E-state index is 0.0218. The molecule has 0 fully saturated rings. The molecule has 0 unspecified atom stereocenters. The van der Waals surface area contributed by atoms with Crippen LogP contribution in [0.5, 0.6) is 0 Å². The molecule has 0 amide bonds. The molecule has 0 aliphatic heterocycles. The van der Waals surface area contributed by atoms with Gasteiger partial charge in [-0.3, -0.25) is 9.48 Å². The van der Waals surface area contributed by atoms with Crippen molar-refractivity contribution in [3.05, 3.63) is 51.2 Å². The lowest BCUT2D eigenvalue weighted by Crippen LogP contribution is -2.07. The molecule has 0 radical (unpaired) electrons. The fourth-order valence-electron chi connectivity index (χ4n) is 1.73. The van der Waals surface area contributed by atoms with E-state index in [0.29, 0.717) is 16.6 Å². The van der Waals surface area contributed by atoms with E-state index < -0.39 is 0 Å². The summed E-state index contributed by atoms with van der Waals surface area (Å²) in [6.45, 7) is 4.09. The fourth-order valence-corrected chi connectivity index (χ4v) is 2.51. The van der Waals surface area contributed by atoms with Crippen molar-refractivity contribution in [3.8, 4) is 0 Å². The molecule has 0 saturated carbocycles. The van der Waals surface area contributed by atoms with Crippen molar-refractivity contribution in [1.82, 2.24) is 9.78 Å². The van der Waals surface area contributed by atoms with Gasteiger partial charge in [0, 0.05) is 22.3 Å². The quantitative estimate of drug-likeness (QED) is 0.777. The van der Waals surface area contributed by atoms with Crippen LogP contribution in [0.3, 0.4) is 0 Å². The van der Waals surface area contributed by atoms with Gasteiger partial charge in [0.1, 0.15) is 0 Å². The maximum absolute atomic E-state index is 12.2. The summed E-state index contributed by atoms with van der Waals surface area (Å²) in [7, 11) is 0. The summed E-state index contributed by atoms with van der Waals surface area (Å²) < 4.78 is 2.70. The van der Waals surface area contributed by atoms with E-state index in [9.17, 15) is 4.79 Å². The van der Waals surface area contributed by atoms with E-state index in [1.807, 2.05) is 36.9 Å². The number of nitrogens with zero attached hydrogens (tertiary/aromatic N) is 2. The highest BCUT2D eigenvalue weighted by Crippen LogP contribution is 2.22. The summed E-state index contributed by atoms with van der Waals surface area (Å²) in [5, 5.41) is 4.83. The number of hydrogen-bond acceptors (Lipinski definition) is 2. The van der Waals surface area contributed by atoms with Crippen LogP contribution >= 0.6 is 27.5 Å². The van der Waals surface area contributed by atoms with Crippen LogP contribution < -0.4 is 0 Å². The van der Waals surface area contributed by atoms with E-state index in [1.54, 1.807) is 12.1 Å². The predicted molar refractivity (Wildman–Crippen MR) is 79.8 cm³/mol. The second kappa shape index (κ2) is 5.88. The molecule has 0 aliphatic carbocycles. The van der Waals surface area contributed by atoms with Gasteiger partial charge in [-0.05, 0) is 38.1 Å². The molecule has 0 aliphatic rings. The van der Waals surface area contributed by atoms with Crippen molar-refractivity contribution in [1.29, 1.82) is 0 Å². The summed E-state index contributed by atoms with van der Waals surface area (Å²) >= 11 is 9.39. The number of aromatic nitrogens is 2. The number of hydrogen-bond donors (Lipinski definition) is 0. The third-order valence-electron chi connectivity index (χ3n) is 2.77. The molecule has 2 aromatic rings. The second-order valence-electron chi connectivity index (χ2n) is 4.60. The Kier molecular flexibility index (Phi) is 4.42. The third kappa shape index (κ3) is 3.45. The molecule has 19 heavy (non-hydrogen) atoms. The second-order valence-corrected chi connectivity index (χ2v) is 5.93. The molecule has 2 rings (SSSR count). The topological polar surface area (TPSA) is 34.9 Å². The Morgan fingerprint density at radius 2 is 2.16 bits per heavy atom. The molecule has 1 aromatic heterocycles. The molecule has 100 valence electrons. The Morgan fingerprint density at radius 3 is 2.74 bits per heavy atom. The normalized spacial score (nSPS) is 11.0. The first kappa shape index (κ1) is 14.3. The Labute approximate surface area is 125 Å². The van der Waals surface area contributed by atoms with Gasteiger partial charge < -0.3 is 0 Å². The highest BCUT2D eigenvalue weighted by Gasteiger charge is 2.13. The first-order chi connectivity index (χ1) is 8.97. The van der Waals surface area contributed by atoms with E-state index in [0.717, 1.165) is 10.2 Å². The lowest BCUT2D eigenvalue weighted by molar-refractivity contribution is 0.0992. The number of Topliss-reactive ketones (excluding diaryl/α,β-unsaturated/α-hetero) is 1. The zero-order valence-corrected chi connectivity index (χ0v) is 13.1. The largest absolute Gasteiger partial charge is 0.294 e. The van der Waals surface area contributed by atoms with Crippen LogP contribution in [0.4, 0.5) is 0 Å². The van der Waals surface area contributed by atoms with Crippen molar-refractivity contribution in [3.63, 3.8) is 0 Å². The van der Waals surface area contributed by atoms with Gasteiger partial charge in [0.2, 0.25) is 0 Å². The SMILES string of the molecule is CC(C)n1ccc(CC(=O)c2ccc(Br)cc2Cl)n1. The highest BCUT2D eigenvalue weighted by atomic mass is 79.9. The minimum atomic E-state index is -0.0218. The van der Waals surface area contributed by atoms with Gasteiger partial charge in [0.05, 0.1) is 17.1 Å². The molecule has 0 bridgehead atoms. The average Bonchev–Trinajstić information content (AvgIpc) is 2.77. The summed E-state index contributed by atoms with van der Waals surface area (Å²) in [4.78, 5) is 12.2. The summed E-state index contributed by atoms with van der Waals surface area (Å²) in [6, 6.07) is 7.42. The van der Waals surface area contributed by atoms with Gasteiger partial charge in [-0.25, -0.2) is 0 Å². The van der Waals surface area contributed by atoms with Crippen LogP contribution in [-0.4, -0.2) is 15.6 Å². The molecule has 0 atom stereocenters. The van der Waals surface area contributed by atoms with Crippen molar-refractivity contribution >= 4 is 33.3 Å². The summed E-state index contributed by atoms with van der Waals surface area (Å²) in [5.41, 5.74) is 1.29. The van der Waals surface area contributed by atoms with Gasteiger partial charge in [-0.1, -0.05) is 27.5 Å². The zero-order valence-electron chi connectivity index (χ0n) is 10.7. The number of ketones is 1. The van der Waals surface area contributed by atoms with Crippen LogP contribution in [0.15, 0.2) is 34.9 Å². The number of benzene rings is 1. The van der Waals surface area contributed by atoms with Crippen molar-refractivity contribution in [2.75, 3.05) is 0 Å². The Bertz CT molecular complexity index is 607. The Morgan fingerprint density at radius 1 is 1.42 bits per heavy atom. The van der Waals surface area contributed by atoms with E-state index in [1.165, 1.54) is 0 Å². The molecule has 1 aromatic carbocycles. The standard InChI is InChI=1S/C14H14BrClN2O/c1-9(2)18-6-5-11(17-18)8-14(19)12-4-3-10(15)7-13(12)16/h3-7,9H,8H2,1-2H3. The minimum Gasteiger partial charge on any atom is -0.294 e. The summed E-state index contributed by atoms with van der Waals surface area (Å²) in [6.07, 6.45) is 2.15. The van der Waals surface area contributed by atoms with Crippen LogP contribution in [0.2, 0.25) is 5.02 Å². The van der Waals surface area contributed by atoms with Crippen LogP contribution in [0.25, 0.3) is 0 Å². The molecule has 0 spiro atoms. The van der Waals surface area contributed by atoms with E-state index in [-0.39, 0.29) is 12.2 Å². The van der Waals surface area contributed by atoms with Gasteiger partial charge in [0.15, 0.2) is 5.78 Å². The monoisotopic (exact) mass is 340 g/mol. The molecule has 1 heterocycles. The summed E-state index contributed by atoms with van der Waals surface area (Å²) in [5.74, 6) is -0.0218. The van der Waals surface area contributed by atoms with Crippen LogP contribution in [0, 0.1) is 0 Å².